The van der Waals surface area contributed by atoms with Gasteiger partial charge in [-0.05, 0) is 37.1 Å². The van der Waals surface area contributed by atoms with E-state index in [4.69, 9.17) is 4.74 Å². The lowest BCUT2D eigenvalue weighted by Crippen LogP contribution is -2.45. The van der Waals surface area contributed by atoms with Gasteiger partial charge in [-0.3, -0.25) is 33.8 Å². The second-order valence-electron chi connectivity index (χ2n) is 7.74. The Morgan fingerprint density at radius 3 is 1.70 bits per heavy atom. The van der Waals surface area contributed by atoms with Crippen molar-refractivity contribution >= 4 is 35.4 Å². The molecule has 33 heavy (non-hydrogen) atoms. The number of hydrogen-bond donors (Lipinski definition) is 0. The van der Waals surface area contributed by atoms with Gasteiger partial charge in [0, 0.05) is 6.42 Å². The Morgan fingerprint density at radius 2 is 1.24 bits per heavy atom. The Morgan fingerprint density at radius 1 is 0.788 bits per heavy atom. The van der Waals surface area contributed by atoms with Crippen LogP contribution in [0.2, 0.25) is 0 Å². The van der Waals surface area contributed by atoms with Gasteiger partial charge in [-0.2, -0.15) is 0 Å². The van der Waals surface area contributed by atoms with Crippen LogP contribution in [0.25, 0.3) is 0 Å². The molecule has 0 aliphatic carbocycles. The first kappa shape index (κ1) is 22.1. The number of ether oxygens (including phenoxy) is 1. The fourth-order valence-corrected chi connectivity index (χ4v) is 4.11. The molecule has 0 N–H and O–H groups in total. The SMILES string of the molecule is COC(=O)[C@@H](CCCC(=O)CN1C(=O)c2ccccc2C1=O)N1C(=O)c2ccccc2C1=O. The second-order valence-corrected chi connectivity index (χ2v) is 7.74. The summed E-state index contributed by atoms with van der Waals surface area (Å²) < 4.78 is 4.78. The monoisotopic (exact) mass is 448 g/mol. The van der Waals surface area contributed by atoms with Crippen molar-refractivity contribution in [2.24, 2.45) is 0 Å². The van der Waals surface area contributed by atoms with Gasteiger partial charge in [0.05, 0.1) is 35.9 Å². The normalized spacial score (nSPS) is 15.5. The van der Waals surface area contributed by atoms with Gasteiger partial charge in [-0.15, -0.1) is 0 Å². The van der Waals surface area contributed by atoms with Crippen molar-refractivity contribution in [3.63, 3.8) is 0 Å². The third kappa shape index (κ3) is 3.82. The van der Waals surface area contributed by atoms with Gasteiger partial charge in [-0.1, -0.05) is 24.3 Å². The van der Waals surface area contributed by atoms with E-state index in [9.17, 15) is 28.8 Å². The molecule has 0 radical (unpaired) electrons. The Bertz CT molecular complexity index is 1130. The van der Waals surface area contributed by atoms with Gasteiger partial charge in [0.1, 0.15) is 6.04 Å². The molecule has 2 heterocycles. The van der Waals surface area contributed by atoms with Crippen LogP contribution < -0.4 is 0 Å². The molecule has 1 atom stereocenters. The first-order chi connectivity index (χ1) is 15.8. The summed E-state index contributed by atoms with van der Waals surface area (Å²) in [7, 11) is 1.15. The summed E-state index contributed by atoms with van der Waals surface area (Å²) in [5.74, 6) is -3.38. The number of amides is 4. The van der Waals surface area contributed by atoms with Crippen LogP contribution in [0.5, 0.6) is 0 Å². The largest absolute Gasteiger partial charge is 0.467 e. The fourth-order valence-electron chi connectivity index (χ4n) is 4.11. The molecule has 0 fully saturated rings. The maximum absolute atomic E-state index is 12.7. The molecule has 168 valence electrons. The molecule has 0 spiro atoms. The summed E-state index contributed by atoms with van der Waals surface area (Å²) in [6.45, 7) is -0.387. The number of benzene rings is 2. The molecule has 0 aromatic heterocycles. The van der Waals surface area contributed by atoms with Gasteiger partial charge < -0.3 is 4.74 Å². The van der Waals surface area contributed by atoms with Crippen LogP contribution in [0, 0.1) is 0 Å². The van der Waals surface area contributed by atoms with Crippen LogP contribution in [0.15, 0.2) is 48.5 Å². The summed E-state index contributed by atoms with van der Waals surface area (Å²) in [6.07, 6.45) is 0.102. The van der Waals surface area contributed by atoms with Gasteiger partial charge >= 0.3 is 5.97 Å². The summed E-state index contributed by atoms with van der Waals surface area (Å²) in [6, 6.07) is 11.4. The average molecular weight is 448 g/mol. The minimum Gasteiger partial charge on any atom is -0.467 e. The summed E-state index contributed by atoms with van der Waals surface area (Å²) >= 11 is 0. The molecule has 9 nitrogen and oxygen atoms in total. The van der Waals surface area contributed by atoms with Crippen LogP contribution in [-0.4, -0.2) is 64.9 Å². The Balaban J connectivity index is 1.39. The average Bonchev–Trinajstić information content (AvgIpc) is 3.22. The van der Waals surface area contributed by atoms with Crippen LogP contribution in [0.4, 0.5) is 0 Å². The van der Waals surface area contributed by atoms with Gasteiger partial charge in [0.2, 0.25) is 0 Å². The van der Waals surface area contributed by atoms with Crippen molar-refractivity contribution in [3.05, 3.63) is 70.8 Å². The third-order valence-corrected chi connectivity index (χ3v) is 5.76. The number of ketones is 1. The van der Waals surface area contributed by atoms with Crippen molar-refractivity contribution in [2.45, 2.75) is 25.3 Å². The number of fused-ring (bicyclic) bond motifs is 2. The van der Waals surface area contributed by atoms with Crippen molar-refractivity contribution in [2.75, 3.05) is 13.7 Å². The highest BCUT2D eigenvalue weighted by Crippen LogP contribution is 2.27. The van der Waals surface area contributed by atoms with E-state index in [-0.39, 0.29) is 53.8 Å². The minimum atomic E-state index is -1.19. The van der Waals surface area contributed by atoms with Crippen molar-refractivity contribution in [3.8, 4) is 0 Å². The Hall–Kier alpha value is -4.14. The quantitative estimate of drug-likeness (QED) is 0.447. The van der Waals surface area contributed by atoms with Crippen LogP contribution in [0.3, 0.4) is 0 Å². The summed E-state index contributed by atoms with van der Waals surface area (Å²) in [4.78, 5) is 76.9. The molecule has 0 saturated carbocycles. The first-order valence-electron chi connectivity index (χ1n) is 10.4. The molecule has 9 heteroatoms. The molecule has 2 aromatic rings. The van der Waals surface area contributed by atoms with E-state index < -0.39 is 35.6 Å². The lowest BCUT2D eigenvalue weighted by Gasteiger charge is -2.24. The van der Waals surface area contributed by atoms with E-state index in [1.54, 1.807) is 24.3 Å². The first-order valence-corrected chi connectivity index (χ1v) is 10.4. The number of carbonyl (C=O) groups is 6. The number of methoxy groups -OCH3 is 1. The standard InChI is InChI=1S/C24H20N2O7/c1-33-24(32)19(26-22(30)17-10-4-5-11-18(17)23(26)31)12-6-7-14(27)13-25-20(28)15-8-2-3-9-16(15)21(25)29/h2-5,8-11,19H,6-7,12-13H2,1H3/t19-/m1/s1. The maximum Gasteiger partial charge on any atom is 0.329 e. The Kier molecular flexibility index (Phi) is 5.87. The van der Waals surface area contributed by atoms with Crippen LogP contribution >= 0.6 is 0 Å². The van der Waals surface area contributed by atoms with Gasteiger partial charge in [0.25, 0.3) is 23.6 Å². The van der Waals surface area contributed by atoms with E-state index >= 15 is 0 Å². The Labute approximate surface area is 188 Å². The predicted molar refractivity (Wildman–Crippen MR) is 113 cm³/mol. The van der Waals surface area contributed by atoms with E-state index in [1.807, 2.05) is 0 Å². The van der Waals surface area contributed by atoms with Gasteiger partial charge in [-0.25, -0.2) is 4.79 Å². The number of rotatable bonds is 8. The van der Waals surface area contributed by atoms with Crippen LogP contribution in [-0.2, 0) is 14.3 Å². The molecule has 2 aliphatic rings. The number of esters is 1. The predicted octanol–water partition coefficient (Wildman–Crippen LogP) is 1.86. The topological polar surface area (TPSA) is 118 Å². The zero-order chi connectivity index (χ0) is 23.7. The molecule has 2 aromatic carbocycles. The molecular formula is C24H20N2O7. The van der Waals surface area contributed by atoms with Crippen molar-refractivity contribution in [1.82, 2.24) is 9.80 Å². The number of Topliss-reactive ketones (excluding diaryl/α,β-unsaturated/α-hetero) is 1. The number of hydrogen-bond acceptors (Lipinski definition) is 7. The molecule has 4 rings (SSSR count). The van der Waals surface area contributed by atoms with Crippen LogP contribution in [0.1, 0.15) is 60.7 Å². The minimum absolute atomic E-state index is 0.00595. The van der Waals surface area contributed by atoms with Gasteiger partial charge in [0.15, 0.2) is 5.78 Å². The highest BCUT2D eigenvalue weighted by molar-refractivity contribution is 6.23. The van der Waals surface area contributed by atoms with Crippen molar-refractivity contribution in [1.29, 1.82) is 0 Å². The van der Waals surface area contributed by atoms with E-state index in [0.717, 1.165) is 16.9 Å². The molecular weight excluding hydrogens is 428 g/mol. The van der Waals surface area contributed by atoms with E-state index in [2.05, 4.69) is 0 Å². The highest BCUT2D eigenvalue weighted by atomic mass is 16.5. The number of carbonyl (C=O) groups excluding carboxylic acids is 6. The zero-order valence-electron chi connectivity index (χ0n) is 17.8. The molecule has 0 bridgehead atoms. The molecule has 4 amide bonds. The van der Waals surface area contributed by atoms with Crippen molar-refractivity contribution < 1.29 is 33.5 Å². The van der Waals surface area contributed by atoms with E-state index in [0.29, 0.717) is 0 Å². The van der Waals surface area contributed by atoms with E-state index in [1.165, 1.54) is 24.3 Å². The fraction of sp³-hybridized carbons (Fsp3) is 0.250. The summed E-state index contributed by atoms with van der Waals surface area (Å²) in [5.41, 5.74) is 0.926. The summed E-state index contributed by atoms with van der Waals surface area (Å²) in [5, 5.41) is 0. The lowest BCUT2D eigenvalue weighted by molar-refractivity contribution is -0.145. The smallest absolute Gasteiger partial charge is 0.329 e. The highest BCUT2D eigenvalue weighted by Gasteiger charge is 2.43. The maximum atomic E-state index is 12.7. The molecule has 0 saturated heterocycles. The second kappa shape index (κ2) is 8.78. The third-order valence-electron chi connectivity index (χ3n) is 5.76. The lowest BCUT2D eigenvalue weighted by atomic mass is 10.1. The number of imide groups is 2. The molecule has 2 aliphatic heterocycles. The zero-order valence-corrected chi connectivity index (χ0v) is 17.8. The number of nitrogens with zero attached hydrogens (tertiary/aromatic N) is 2. The molecule has 0 unspecified atom stereocenters.